The second kappa shape index (κ2) is 8.34. The SMILES string of the molecule is CCS(=O)(=O)Nc1ccc(NC(=O)CCC2CCNC2)cc1OC. The molecule has 134 valence electrons. The molecular formula is C16H25N3O4S. The number of nitrogens with one attached hydrogen (secondary N) is 3. The second-order valence-corrected chi connectivity index (χ2v) is 7.88. The van der Waals surface area contributed by atoms with Gasteiger partial charge in [0.15, 0.2) is 0 Å². The van der Waals surface area contributed by atoms with Crippen LogP contribution in [0.1, 0.15) is 26.2 Å². The van der Waals surface area contributed by atoms with E-state index in [9.17, 15) is 13.2 Å². The van der Waals surface area contributed by atoms with Gasteiger partial charge in [-0.3, -0.25) is 9.52 Å². The monoisotopic (exact) mass is 355 g/mol. The molecule has 0 aliphatic carbocycles. The van der Waals surface area contributed by atoms with Gasteiger partial charge in [0.1, 0.15) is 5.75 Å². The van der Waals surface area contributed by atoms with E-state index in [0.29, 0.717) is 29.5 Å². The smallest absolute Gasteiger partial charge is 0.232 e. The van der Waals surface area contributed by atoms with E-state index >= 15 is 0 Å². The van der Waals surface area contributed by atoms with Crippen molar-refractivity contribution in [1.82, 2.24) is 5.32 Å². The van der Waals surface area contributed by atoms with E-state index in [1.54, 1.807) is 25.1 Å². The van der Waals surface area contributed by atoms with Crippen molar-refractivity contribution in [3.63, 3.8) is 0 Å². The van der Waals surface area contributed by atoms with E-state index in [-0.39, 0.29) is 11.7 Å². The van der Waals surface area contributed by atoms with Gasteiger partial charge in [0, 0.05) is 18.2 Å². The van der Waals surface area contributed by atoms with Gasteiger partial charge in [-0.25, -0.2) is 8.42 Å². The van der Waals surface area contributed by atoms with Crippen molar-refractivity contribution in [2.24, 2.45) is 5.92 Å². The Bertz CT molecular complexity index is 670. The zero-order valence-electron chi connectivity index (χ0n) is 14.1. The molecule has 0 bridgehead atoms. The van der Waals surface area contributed by atoms with Crippen LogP contribution in [0.15, 0.2) is 18.2 Å². The Morgan fingerprint density at radius 1 is 1.42 bits per heavy atom. The van der Waals surface area contributed by atoms with Crippen LogP contribution in [0.2, 0.25) is 0 Å². The summed E-state index contributed by atoms with van der Waals surface area (Å²) >= 11 is 0. The predicted octanol–water partition coefficient (Wildman–Crippen LogP) is 1.78. The number of carbonyl (C=O) groups excluding carboxylic acids is 1. The first kappa shape index (κ1) is 18.5. The zero-order valence-corrected chi connectivity index (χ0v) is 14.9. The Morgan fingerprint density at radius 2 is 2.21 bits per heavy atom. The Labute approximate surface area is 143 Å². The van der Waals surface area contributed by atoms with Crippen molar-refractivity contribution < 1.29 is 17.9 Å². The molecule has 1 aromatic carbocycles. The summed E-state index contributed by atoms with van der Waals surface area (Å²) in [5, 5.41) is 6.11. The Morgan fingerprint density at radius 3 is 2.83 bits per heavy atom. The van der Waals surface area contributed by atoms with Gasteiger partial charge in [-0.05, 0) is 50.9 Å². The Balaban J connectivity index is 1.96. The molecule has 8 heteroatoms. The average molecular weight is 355 g/mol. The van der Waals surface area contributed by atoms with Crippen molar-refractivity contribution in [2.75, 3.05) is 36.0 Å². The normalized spacial score (nSPS) is 17.5. The van der Waals surface area contributed by atoms with Gasteiger partial charge in [0.2, 0.25) is 15.9 Å². The number of ether oxygens (including phenoxy) is 1. The topological polar surface area (TPSA) is 96.5 Å². The van der Waals surface area contributed by atoms with Crippen LogP contribution >= 0.6 is 0 Å². The van der Waals surface area contributed by atoms with Crippen molar-refractivity contribution in [3.8, 4) is 5.75 Å². The number of benzene rings is 1. The molecule has 0 saturated carbocycles. The molecule has 1 aromatic rings. The fraction of sp³-hybridized carbons (Fsp3) is 0.562. The maximum Gasteiger partial charge on any atom is 0.232 e. The van der Waals surface area contributed by atoms with Crippen LogP contribution in [0.3, 0.4) is 0 Å². The van der Waals surface area contributed by atoms with E-state index in [2.05, 4.69) is 15.4 Å². The van der Waals surface area contributed by atoms with Gasteiger partial charge < -0.3 is 15.4 Å². The van der Waals surface area contributed by atoms with Gasteiger partial charge in [-0.2, -0.15) is 0 Å². The van der Waals surface area contributed by atoms with Crippen LogP contribution in [-0.4, -0.2) is 40.3 Å². The Hall–Kier alpha value is -1.80. The molecule has 1 unspecified atom stereocenters. The van der Waals surface area contributed by atoms with Gasteiger partial charge in [-0.1, -0.05) is 0 Å². The molecule has 0 spiro atoms. The van der Waals surface area contributed by atoms with Crippen LogP contribution in [0, 0.1) is 5.92 Å². The molecule has 0 radical (unpaired) electrons. The zero-order chi connectivity index (χ0) is 17.6. The second-order valence-electron chi connectivity index (χ2n) is 5.87. The van der Waals surface area contributed by atoms with Crippen LogP contribution in [0.5, 0.6) is 5.75 Å². The van der Waals surface area contributed by atoms with Crippen molar-refractivity contribution in [1.29, 1.82) is 0 Å². The summed E-state index contributed by atoms with van der Waals surface area (Å²) in [7, 11) is -1.93. The predicted molar refractivity (Wildman–Crippen MR) is 94.9 cm³/mol. The molecule has 0 aromatic heterocycles. The molecular weight excluding hydrogens is 330 g/mol. The summed E-state index contributed by atoms with van der Waals surface area (Å²) in [6.45, 7) is 3.56. The fourth-order valence-electron chi connectivity index (χ4n) is 2.61. The molecule has 1 atom stereocenters. The van der Waals surface area contributed by atoms with Crippen molar-refractivity contribution in [2.45, 2.75) is 26.2 Å². The van der Waals surface area contributed by atoms with Gasteiger partial charge in [0.25, 0.3) is 0 Å². The lowest BCUT2D eigenvalue weighted by Crippen LogP contribution is -2.16. The number of carbonyl (C=O) groups is 1. The lowest BCUT2D eigenvalue weighted by Gasteiger charge is -2.13. The number of anilines is 2. The molecule has 3 N–H and O–H groups in total. The van der Waals surface area contributed by atoms with Gasteiger partial charge in [0.05, 0.1) is 18.6 Å². The first-order valence-electron chi connectivity index (χ1n) is 8.12. The van der Waals surface area contributed by atoms with E-state index < -0.39 is 10.0 Å². The van der Waals surface area contributed by atoms with Crippen molar-refractivity contribution in [3.05, 3.63) is 18.2 Å². The minimum absolute atomic E-state index is 0.0231. The standard InChI is InChI=1S/C16H25N3O4S/c1-3-24(21,22)19-14-6-5-13(10-15(14)23-2)18-16(20)7-4-12-8-9-17-11-12/h5-6,10,12,17,19H,3-4,7-9,11H2,1-2H3,(H,18,20). The molecule has 1 fully saturated rings. The number of methoxy groups -OCH3 is 1. The molecule has 1 amide bonds. The van der Waals surface area contributed by atoms with Crippen LogP contribution in [0.25, 0.3) is 0 Å². The van der Waals surface area contributed by atoms with Crippen LogP contribution in [-0.2, 0) is 14.8 Å². The van der Waals surface area contributed by atoms with Gasteiger partial charge >= 0.3 is 0 Å². The highest BCUT2D eigenvalue weighted by Gasteiger charge is 2.16. The quantitative estimate of drug-likeness (QED) is 0.660. The maximum atomic E-state index is 12.0. The summed E-state index contributed by atoms with van der Waals surface area (Å²) < 4.78 is 31.0. The highest BCUT2D eigenvalue weighted by atomic mass is 32.2. The van der Waals surface area contributed by atoms with Crippen LogP contribution in [0.4, 0.5) is 11.4 Å². The third-order valence-corrected chi connectivity index (χ3v) is 5.36. The molecule has 1 aliphatic heterocycles. The summed E-state index contributed by atoms with van der Waals surface area (Å²) in [5.41, 5.74) is 0.940. The average Bonchev–Trinajstić information content (AvgIpc) is 3.07. The number of amides is 1. The summed E-state index contributed by atoms with van der Waals surface area (Å²) in [6, 6.07) is 4.86. The lowest BCUT2D eigenvalue weighted by atomic mass is 10.0. The van der Waals surface area contributed by atoms with E-state index in [0.717, 1.165) is 25.9 Å². The third kappa shape index (κ3) is 5.38. The number of rotatable bonds is 8. The Kier molecular flexibility index (Phi) is 6.44. The molecule has 1 aliphatic rings. The van der Waals surface area contributed by atoms with Crippen molar-refractivity contribution >= 4 is 27.3 Å². The maximum absolute atomic E-state index is 12.0. The summed E-state index contributed by atoms with van der Waals surface area (Å²) in [4.78, 5) is 12.0. The third-order valence-electron chi connectivity index (χ3n) is 4.07. The molecule has 24 heavy (non-hydrogen) atoms. The molecule has 7 nitrogen and oxygen atoms in total. The van der Waals surface area contributed by atoms with E-state index in [1.807, 2.05) is 0 Å². The first-order valence-corrected chi connectivity index (χ1v) is 9.78. The highest BCUT2D eigenvalue weighted by Crippen LogP contribution is 2.29. The molecule has 2 rings (SSSR count). The van der Waals surface area contributed by atoms with Gasteiger partial charge in [-0.15, -0.1) is 0 Å². The minimum atomic E-state index is -3.38. The van der Waals surface area contributed by atoms with E-state index in [4.69, 9.17) is 4.74 Å². The largest absolute Gasteiger partial charge is 0.494 e. The fourth-order valence-corrected chi connectivity index (χ4v) is 3.26. The van der Waals surface area contributed by atoms with Crippen LogP contribution < -0.4 is 20.1 Å². The highest BCUT2D eigenvalue weighted by molar-refractivity contribution is 7.92. The summed E-state index contributed by atoms with van der Waals surface area (Å²) in [6.07, 6.45) is 2.45. The lowest BCUT2D eigenvalue weighted by molar-refractivity contribution is -0.116. The number of sulfonamides is 1. The summed E-state index contributed by atoms with van der Waals surface area (Å²) in [5.74, 6) is 0.858. The number of hydrogen-bond donors (Lipinski definition) is 3. The molecule has 1 saturated heterocycles. The minimum Gasteiger partial charge on any atom is -0.494 e. The van der Waals surface area contributed by atoms with E-state index in [1.165, 1.54) is 7.11 Å². The molecule has 1 heterocycles. The number of hydrogen-bond acceptors (Lipinski definition) is 5. The first-order chi connectivity index (χ1) is 11.4.